The highest BCUT2D eigenvalue weighted by molar-refractivity contribution is 9.09. The number of carboxylic acid groups (broad SMARTS) is 1. The second-order valence-electron chi connectivity index (χ2n) is 17.5. The first kappa shape index (κ1) is 47.4. The van der Waals surface area contributed by atoms with Crippen LogP contribution in [0.2, 0.25) is 0 Å². The van der Waals surface area contributed by atoms with Crippen LogP contribution in [0.4, 0.5) is 5.69 Å². The number of aliphatic hydroxyl groups is 1. The molecule has 0 aromatic heterocycles. The number of nitrogens with one attached hydrogen (secondary N) is 3. The number of anilines is 1. The molecule has 1 saturated heterocycles. The number of aliphatic hydroxyl groups excluding tert-OH is 1. The number of allylic oxidation sites excluding steroid dienone is 4. The third-order valence-electron chi connectivity index (χ3n) is 13.6. The molecule has 3 amide bonds. The van der Waals surface area contributed by atoms with Crippen LogP contribution in [0, 0.1) is 28.6 Å². The van der Waals surface area contributed by atoms with Gasteiger partial charge in [0, 0.05) is 34.4 Å². The Bertz CT molecular complexity index is 2300. The van der Waals surface area contributed by atoms with E-state index in [0.717, 1.165) is 5.57 Å². The van der Waals surface area contributed by atoms with Crippen molar-refractivity contribution in [3.05, 3.63) is 83.5 Å². The van der Waals surface area contributed by atoms with E-state index in [0.29, 0.717) is 41.8 Å². The first-order chi connectivity index (χ1) is 30.3. The van der Waals surface area contributed by atoms with Gasteiger partial charge in [-0.25, -0.2) is 4.57 Å². The Morgan fingerprint density at radius 2 is 1.81 bits per heavy atom. The van der Waals surface area contributed by atoms with Crippen molar-refractivity contribution in [3.8, 4) is 5.75 Å². The molecule has 4 aliphatic carbocycles. The zero-order chi connectivity index (χ0) is 46.2. The number of carboxylic acids is 1. The molecule has 1 aliphatic heterocycles. The van der Waals surface area contributed by atoms with Crippen LogP contribution >= 0.6 is 23.8 Å². The topological polar surface area (TPSA) is 273 Å². The van der Waals surface area contributed by atoms with Crippen LogP contribution in [-0.4, -0.2) is 97.6 Å². The number of rotatable bonds is 17. The van der Waals surface area contributed by atoms with Gasteiger partial charge in [-0.2, -0.15) is 0 Å². The number of benzene rings is 2. The van der Waals surface area contributed by atoms with Crippen LogP contribution in [0.25, 0.3) is 0 Å². The van der Waals surface area contributed by atoms with Crippen molar-refractivity contribution < 1.29 is 72.1 Å². The number of carbonyl (C=O) groups excluding carboxylic acids is 5. The molecule has 7 rings (SSSR count). The number of hydrogen-bond donors (Lipinski definition) is 7. The van der Waals surface area contributed by atoms with E-state index in [1.807, 2.05) is 26.0 Å². The summed E-state index contributed by atoms with van der Waals surface area (Å²) in [5, 5.41) is 28.6. The Morgan fingerprint density at radius 3 is 2.52 bits per heavy atom. The van der Waals surface area contributed by atoms with Gasteiger partial charge in [0.25, 0.3) is 0 Å². The van der Waals surface area contributed by atoms with Crippen LogP contribution in [0.1, 0.15) is 69.8 Å². The molecule has 18 nitrogen and oxygen atoms in total. The van der Waals surface area contributed by atoms with Crippen LogP contribution in [0.15, 0.2) is 72.3 Å². The van der Waals surface area contributed by atoms with E-state index in [1.54, 1.807) is 54.6 Å². The number of hydrogen-bond acceptors (Lipinski definition) is 12. The summed E-state index contributed by atoms with van der Waals surface area (Å²) in [7, 11) is -5.05. The molecule has 1 heterocycles. The van der Waals surface area contributed by atoms with E-state index >= 15 is 0 Å². The Balaban J connectivity index is 1.03. The van der Waals surface area contributed by atoms with Crippen molar-refractivity contribution >= 4 is 64.7 Å². The van der Waals surface area contributed by atoms with Crippen LogP contribution in [-0.2, 0) is 53.9 Å². The number of halogens is 1. The molecule has 344 valence electrons. The van der Waals surface area contributed by atoms with Gasteiger partial charge < -0.3 is 50.2 Å². The fourth-order valence-electron chi connectivity index (χ4n) is 10.8. The summed E-state index contributed by atoms with van der Waals surface area (Å²) in [6, 6.07) is 12.3. The second kappa shape index (κ2) is 18.7. The number of amides is 3. The quantitative estimate of drug-likeness (QED) is 0.0878. The normalized spacial score (nSPS) is 30.7. The first-order valence-corrected chi connectivity index (χ1v) is 23.6. The number of alkyl halides is 1. The molecule has 64 heavy (non-hydrogen) atoms. The van der Waals surface area contributed by atoms with E-state index in [9.17, 15) is 48.2 Å². The summed E-state index contributed by atoms with van der Waals surface area (Å²) < 4.78 is 36.0. The maximum atomic E-state index is 14.4. The van der Waals surface area contributed by atoms with E-state index in [2.05, 4.69) is 31.9 Å². The van der Waals surface area contributed by atoms with Gasteiger partial charge >= 0.3 is 13.8 Å². The molecule has 5 aliphatic rings. The largest absolute Gasteiger partial charge is 0.489 e. The number of ether oxygens (including phenoxy) is 3. The maximum Gasteiger partial charge on any atom is 0.470 e. The molecule has 0 bridgehead atoms. The van der Waals surface area contributed by atoms with Crippen molar-refractivity contribution in [2.45, 2.75) is 89.1 Å². The highest BCUT2D eigenvalue weighted by Gasteiger charge is 2.76. The SMILES string of the molecule is C[C@]12C=CC(=O)C=C1CC[C@@H]1[C@@H]2[C@@H](O)C[C@@]2(C)[C@H]1C[C@H]1O[C@@H](c3cccc(COc4ccc(NC(=O)[C@H](CCC(=O)O)NC(=O)CNC(=O)CBr)cc4)c3)O[C@]12C(=O)COP(=O)(O)O. The van der Waals surface area contributed by atoms with Gasteiger partial charge in [0.2, 0.25) is 17.7 Å². The Morgan fingerprint density at radius 1 is 1.06 bits per heavy atom. The number of aliphatic carboxylic acids is 1. The number of phosphoric acid groups is 1. The Kier molecular flexibility index (Phi) is 13.9. The minimum absolute atomic E-state index is 0.0214. The summed E-state index contributed by atoms with van der Waals surface area (Å²) in [6.45, 7) is 2.67. The molecule has 20 heteroatoms. The Labute approximate surface area is 376 Å². The average Bonchev–Trinajstić information content (AvgIpc) is 3.75. The lowest BCUT2D eigenvalue weighted by Crippen LogP contribution is -2.63. The molecular weight excluding hydrogens is 921 g/mol. The lowest BCUT2D eigenvalue weighted by molar-refractivity contribution is -0.200. The summed E-state index contributed by atoms with van der Waals surface area (Å²) in [4.78, 5) is 94.0. The number of Topliss-reactive ketones (excluding diaryl/α,β-unsaturated/α-hetero) is 1. The van der Waals surface area contributed by atoms with Gasteiger partial charge in [-0.1, -0.05) is 59.6 Å². The standard InChI is InChI=1S/C44H51BrN3O15P/c1-42-15-14-28(49)17-26(42)6-11-30-31-18-35-44(34(51)23-61-64(57,58)59,43(31,2)19-33(50)39(30)42)63-41(62-35)25-5-3-4-24(16-25)22-60-29-9-7-27(8-10-29)47-40(56)32(12-13-38(54)55)48-37(53)21-46-36(52)20-45/h3-5,7-10,14-17,30-33,35,39,41,50H,6,11-13,18-23H2,1-2H3,(H,46,52)(H,47,56)(H,48,53)(H,54,55)(H2,57,58,59)/t30-,31-,32-,33-,35+,39+,41+,42-,43-,44+/m0/s1. The lowest BCUT2D eigenvalue weighted by Gasteiger charge is -2.59. The summed E-state index contributed by atoms with van der Waals surface area (Å²) in [5.74, 6) is -3.78. The highest BCUT2D eigenvalue weighted by Crippen LogP contribution is 2.70. The van der Waals surface area contributed by atoms with Gasteiger partial charge in [0.05, 0.1) is 24.1 Å². The summed E-state index contributed by atoms with van der Waals surface area (Å²) in [6.07, 6.45) is 3.53. The monoisotopic (exact) mass is 971 g/mol. The van der Waals surface area contributed by atoms with Crippen LogP contribution < -0.4 is 20.7 Å². The molecule has 10 atom stereocenters. The minimum atomic E-state index is -5.05. The Hall–Kier alpha value is -4.59. The molecule has 2 aromatic carbocycles. The number of phosphoric ester groups is 1. The fraction of sp³-hybridized carbons (Fsp3) is 0.500. The predicted molar refractivity (Wildman–Crippen MR) is 229 cm³/mol. The number of fused-ring (bicyclic) bond motifs is 7. The van der Waals surface area contributed by atoms with Gasteiger partial charge in [0.15, 0.2) is 23.5 Å². The molecule has 0 unspecified atom stereocenters. The molecule has 7 N–H and O–H groups in total. The van der Waals surface area contributed by atoms with E-state index in [1.165, 1.54) is 0 Å². The molecule has 4 fully saturated rings. The third kappa shape index (κ3) is 9.54. The van der Waals surface area contributed by atoms with Crippen molar-refractivity contribution in [2.75, 3.05) is 23.8 Å². The maximum absolute atomic E-state index is 14.4. The van der Waals surface area contributed by atoms with E-state index < -0.39 is 91.4 Å². The van der Waals surface area contributed by atoms with Crippen LogP contribution in [0.5, 0.6) is 5.75 Å². The van der Waals surface area contributed by atoms with Crippen LogP contribution in [0.3, 0.4) is 0 Å². The molecule has 0 radical (unpaired) electrons. The third-order valence-corrected chi connectivity index (χ3v) is 14.6. The van der Waals surface area contributed by atoms with E-state index in [-0.39, 0.29) is 54.7 Å². The first-order valence-electron chi connectivity index (χ1n) is 20.9. The number of carbonyl (C=O) groups is 6. The summed E-state index contributed by atoms with van der Waals surface area (Å²) in [5.41, 5.74) is -0.750. The fourth-order valence-corrected chi connectivity index (χ4v) is 11.3. The minimum Gasteiger partial charge on any atom is -0.489 e. The van der Waals surface area contributed by atoms with Gasteiger partial charge in [0.1, 0.15) is 25.0 Å². The smallest absolute Gasteiger partial charge is 0.470 e. The van der Waals surface area contributed by atoms with Crippen molar-refractivity contribution in [2.24, 2.45) is 28.6 Å². The number of ketones is 2. The van der Waals surface area contributed by atoms with Gasteiger partial charge in [-0.15, -0.1) is 0 Å². The molecule has 3 saturated carbocycles. The molecular formula is C44H51BrN3O15P. The van der Waals surface area contributed by atoms with Crippen molar-refractivity contribution in [3.63, 3.8) is 0 Å². The lowest BCUT2D eigenvalue weighted by atomic mass is 9.46. The average molecular weight is 973 g/mol. The predicted octanol–water partition coefficient (Wildman–Crippen LogP) is 3.78. The van der Waals surface area contributed by atoms with Gasteiger partial charge in [-0.3, -0.25) is 33.3 Å². The molecule has 0 spiro atoms. The highest BCUT2D eigenvalue weighted by atomic mass is 79.9. The zero-order valence-corrected chi connectivity index (χ0v) is 37.5. The molecule has 2 aromatic rings. The second-order valence-corrected chi connectivity index (χ2v) is 19.3. The zero-order valence-electron chi connectivity index (χ0n) is 35.1. The van der Waals surface area contributed by atoms with E-state index in [4.69, 9.17) is 23.8 Å². The van der Waals surface area contributed by atoms with Gasteiger partial charge in [-0.05, 0) is 92.0 Å². The summed E-state index contributed by atoms with van der Waals surface area (Å²) >= 11 is 2.97. The van der Waals surface area contributed by atoms with Crippen molar-refractivity contribution in [1.29, 1.82) is 0 Å². The van der Waals surface area contributed by atoms with Crippen molar-refractivity contribution in [1.82, 2.24) is 10.6 Å².